The standard InChI is InChI=1S/C23H23N3O3/c1-2-13-29-21-10-6-5-9-19(21)25-23(28)20-11-12-22(27)26(20)15-16-14-24-18-8-4-3-7-17(16)18/h2-10,14,20,24H,1,11-13,15H2,(H,25,28). The number of para-hydroxylation sites is 3. The molecule has 148 valence electrons. The first-order valence-corrected chi connectivity index (χ1v) is 9.65. The molecule has 1 aliphatic heterocycles. The number of benzene rings is 2. The summed E-state index contributed by atoms with van der Waals surface area (Å²) in [5.74, 6) is 0.366. The number of likely N-dealkylation sites (tertiary alicyclic amines) is 1. The van der Waals surface area contributed by atoms with E-state index in [1.807, 2.05) is 42.6 Å². The van der Waals surface area contributed by atoms with Gasteiger partial charge >= 0.3 is 0 Å². The first-order chi connectivity index (χ1) is 14.2. The van der Waals surface area contributed by atoms with E-state index in [0.29, 0.717) is 37.4 Å². The fraction of sp³-hybridized carbons (Fsp3) is 0.217. The number of amides is 2. The third-order valence-corrected chi connectivity index (χ3v) is 5.15. The van der Waals surface area contributed by atoms with Gasteiger partial charge in [-0.25, -0.2) is 0 Å². The fourth-order valence-corrected chi connectivity index (χ4v) is 3.71. The molecule has 3 aromatic rings. The van der Waals surface area contributed by atoms with Crippen molar-refractivity contribution >= 4 is 28.4 Å². The Morgan fingerprint density at radius 2 is 2.03 bits per heavy atom. The predicted octanol–water partition coefficient (Wildman–Crippen LogP) is 3.86. The number of carbonyl (C=O) groups is 2. The Morgan fingerprint density at radius 1 is 1.24 bits per heavy atom. The number of hydrogen-bond acceptors (Lipinski definition) is 3. The van der Waals surface area contributed by atoms with E-state index in [9.17, 15) is 9.59 Å². The van der Waals surface area contributed by atoms with Crippen LogP contribution in [0.1, 0.15) is 18.4 Å². The van der Waals surface area contributed by atoms with Gasteiger partial charge in [0, 0.05) is 30.1 Å². The molecular formula is C23H23N3O3. The molecule has 6 nitrogen and oxygen atoms in total. The lowest BCUT2D eigenvalue weighted by molar-refractivity contribution is -0.133. The molecule has 0 radical (unpaired) electrons. The number of aromatic nitrogens is 1. The molecule has 2 heterocycles. The maximum absolute atomic E-state index is 13.0. The van der Waals surface area contributed by atoms with Crippen LogP contribution < -0.4 is 10.1 Å². The summed E-state index contributed by atoms with van der Waals surface area (Å²) in [4.78, 5) is 30.4. The minimum atomic E-state index is -0.511. The molecule has 4 rings (SSSR count). The van der Waals surface area contributed by atoms with E-state index in [-0.39, 0.29) is 11.8 Å². The molecular weight excluding hydrogens is 366 g/mol. The van der Waals surface area contributed by atoms with Crippen LogP contribution in [0, 0.1) is 0 Å². The first-order valence-electron chi connectivity index (χ1n) is 9.65. The molecule has 0 aliphatic carbocycles. The quantitative estimate of drug-likeness (QED) is 0.603. The Hall–Kier alpha value is -3.54. The molecule has 2 aromatic carbocycles. The zero-order valence-corrected chi connectivity index (χ0v) is 16.1. The lowest BCUT2D eigenvalue weighted by Crippen LogP contribution is -2.41. The molecule has 2 amide bonds. The predicted molar refractivity (Wildman–Crippen MR) is 113 cm³/mol. The van der Waals surface area contributed by atoms with Gasteiger partial charge in [-0.3, -0.25) is 9.59 Å². The fourth-order valence-electron chi connectivity index (χ4n) is 3.71. The molecule has 1 aromatic heterocycles. The third-order valence-electron chi connectivity index (χ3n) is 5.15. The molecule has 0 spiro atoms. The second-order valence-corrected chi connectivity index (χ2v) is 7.02. The number of nitrogens with one attached hydrogen (secondary N) is 2. The number of hydrogen-bond donors (Lipinski definition) is 2. The Bertz CT molecular complexity index is 1060. The van der Waals surface area contributed by atoms with E-state index < -0.39 is 6.04 Å². The number of fused-ring (bicyclic) bond motifs is 1. The summed E-state index contributed by atoms with van der Waals surface area (Å²) in [6.45, 7) is 4.39. The summed E-state index contributed by atoms with van der Waals surface area (Å²) in [6, 6.07) is 14.7. The van der Waals surface area contributed by atoms with E-state index >= 15 is 0 Å². The Morgan fingerprint density at radius 3 is 2.90 bits per heavy atom. The summed E-state index contributed by atoms with van der Waals surface area (Å²) >= 11 is 0. The Labute approximate surface area is 169 Å². The summed E-state index contributed by atoms with van der Waals surface area (Å²) in [5.41, 5.74) is 2.61. The van der Waals surface area contributed by atoms with E-state index in [1.165, 1.54) is 0 Å². The van der Waals surface area contributed by atoms with Crippen molar-refractivity contribution in [3.05, 3.63) is 72.9 Å². The average molecular weight is 389 g/mol. The molecule has 1 unspecified atom stereocenters. The van der Waals surface area contributed by atoms with Crippen molar-refractivity contribution in [3.63, 3.8) is 0 Å². The number of H-pyrrole nitrogens is 1. The topological polar surface area (TPSA) is 74.4 Å². The number of ether oxygens (including phenoxy) is 1. The molecule has 1 fully saturated rings. The summed E-state index contributed by atoms with van der Waals surface area (Å²) < 4.78 is 5.61. The van der Waals surface area contributed by atoms with Crippen LogP contribution in [0.25, 0.3) is 10.9 Å². The van der Waals surface area contributed by atoms with Gasteiger partial charge in [0.2, 0.25) is 11.8 Å². The minimum Gasteiger partial charge on any atom is -0.487 e. The molecule has 1 aliphatic rings. The van der Waals surface area contributed by atoms with Gasteiger partial charge < -0.3 is 19.9 Å². The highest BCUT2D eigenvalue weighted by Gasteiger charge is 2.36. The van der Waals surface area contributed by atoms with Crippen molar-refractivity contribution in [3.8, 4) is 5.75 Å². The van der Waals surface area contributed by atoms with Crippen molar-refractivity contribution in [1.29, 1.82) is 0 Å². The number of aromatic amines is 1. The first kappa shape index (κ1) is 18.8. The zero-order valence-electron chi connectivity index (χ0n) is 16.1. The number of nitrogens with zero attached hydrogens (tertiary/aromatic N) is 1. The van der Waals surface area contributed by atoms with Crippen LogP contribution in [0.5, 0.6) is 5.75 Å². The monoisotopic (exact) mass is 389 g/mol. The number of anilines is 1. The Balaban J connectivity index is 1.52. The number of rotatable bonds is 7. The summed E-state index contributed by atoms with van der Waals surface area (Å²) in [7, 11) is 0. The van der Waals surface area contributed by atoms with E-state index in [4.69, 9.17) is 4.74 Å². The second kappa shape index (κ2) is 8.22. The number of carbonyl (C=O) groups excluding carboxylic acids is 2. The van der Waals surface area contributed by atoms with Gasteiger partial charge in [-0.05, 0) is 30.2 Å². The normalized spacial score (nSPS) is 16.2. The maximum atomic E-state index is 13.0. The van der Waals surface area contributed by atoms with Gasteiger partial charge in [-0.15, -0.1) is 0 Å². The second-order valence-electron chi connectivity index (χ2n) is 7.02. The van der Waals surface area contributed by atoms with Gasteiger partial charge in [0.05, 0.1) is 5.69 Å². The van der Waals surface area contributed by atoms with Crippen LogP contribution in [-0.4, -0.2) is 34.3 Å². The average Bonchev–Trinajstić information content (AvgIpc) is 3.32. The van der Waals surface area contributed by atoms with Gasteiger partial charge in [-0.2, -0.15) is 0 Å². The van der Waals surface area contributed by atoms with Crippen LogP contribution in [-0.2, 0) is 16.1 Å². The van der Waals surface area contributed by atoms with Gasteiger partial charge in [0.25, 0.3) is 0 Å². The highest BCUT2D eigenvalue weighted by atomic mass is 16.5. The summed E-state index contributed by atoms with van der Waals surface area (Å²) in [5, 5.41) is 3.99. The van der Waals surface area contributed by atoms with E-state index in [1.54, 1.807) is 23.1 Å². The lowest BCUT2D eigenvalue weighted by atomic mass is 10.1. The van der Waals surface area contributed by atoms with Crippen molar-refractivity contribution in [1.82, 2.24) is 9.88 Å². The Kier molecular flexibility index (Phi) is 5.33. The third kappa shape index (κ3) is 3.87. The highest BCUT2D eigenvalue weighted by Crippen LogP contribution is 2.28. The van der Waals surface area contributed by atoms with Crippen LogP contribution in [0.3, 0.4) is 0 Å². The zero-order chi connectivity index (χ0) is 20.2. The minimum absolute atomic E-state index is 0.00776. The molecule has 29 heavy (non-hydrogen) atoms. The van der Waals surface area contributed by atoms with E-state index in [2.05, 4.69) is 16.9 Å². The van der Waals surface area contributed by atoms with Crippen molar-refractivity contribution in [2.24, 2.45) is 0 Å². The molecule has 1 saturated heterocycles. The van der Waals surface area contributed by atoms with Crippen molar-refractivity contribution < 1.29 is 14.3 Å². The van der Waals surface area contributed by atoms with Gasteiger partial charge in [-0.1, -0.05) is 43.0 Å². The van der Waals surface area contributed by atoms with Gasteiger partial charge in [0.1, 0.15) is 18.4 Å². The molecule has 0 saturated carbocycles. The molecule has 0 bridgehead atoms. The van der Waals surface area contributed by atoms with Crippen LogP contribution >= 0.6 is 0 Å². The van der Waals surface area contributed by atoms with Crippen LogP contribution in [0.2, 0.25) is 0 Å². The highest BCUT2D eigenvalue weighted by molar-refractivity contribution is 6.00. The summed E-state index contributed by atoms with van der Waals surface area (Å²) in [6.07, 6.45) is 4.43. The SMILES string of the molecule is C=CCOc1ccccc1NC(=O)C1CCC(=O)N1Cc1c[nH]c2ccccc12. The van der Waals surface area contributed by atoms with Crippen molar-refractivity contribution in [2.45, 2.75) is 25.4 Å². The molecule has 6 heteroatoms. The largest absolute Gasteiger partial charge is 0.487 e. The lowest BCUT2D eigenvalue weighted by Gasteiger charge is -2.24. The smallest absolute Gasteiger partial charge is 0.247 e. The van der Waals surface area contributed by atoms with E-state index in [0.717, 1.165) is 16.5 Å². The molecule has 2 N–H and O–H groups in total. The molecule has 1 atom stereocenters. The maximum Gasteiger partial charge on any atom is 0.247 e. The van der Waals surface area contributed by atoms with Gasteiger partial charge in [0.15, 0.2) is 0 Å². The van der Waals surface area contributed by atoms with Crippen LogP contribution in [0.4, 0.5) is 5.69 Å². The van der Waals surface area contributed by atoms with Crippen molar-refractivity contribution in [2.75, 3.05) is 11.9 Å². The van der Waals surface area contributed by atoms with Crippen LogP contribution in [0.15, 0.2) is 67.4 Å².